The second-order valence-corrected chi connectivity index (χ2v) is 13.3. The number of nitrogens with one attached hydrogen (secondary N) is 3. The number of aromatic nitrogens is 1. The maximum Gasteiger partial charge on any atom is 0.416 e. The van der Waals surface area contributed by atoms with Gasteiger partial charge in [0.15, 0.2) is 4.34 Å². The van der Waals surface area contributed by atoms with E-state index in [1.807, 2.05) is 24.3 Å². The summed E-state index contributed by atoms with van der Waals surface area (Å²) >= 11 is 3.29. The van der Waals surface area contributed by atoms with Gasteiger partial charge in [-0.05, 0) is 69.9 Å². The Hall–Kier alpha value is -3.32. The van der Waals surface area contributed by atoms with Gasteiger partial charge in [0.05, 0.1) is 33.6 Å². The number of ether oxygens (including phenoxy) is 1. The number of rotatable bonds is 8. The Labute approximate surface area is 250 Å². The minimum atomic E-state index is -4.71. The third-order valence-electron chi connectivity index (χ3n) is 6.59. The summed E-state index contributed by atoms with van der Waals surface area (Å²) in [6, 6.07) is 10.2. The lowest BCUT2D eigenvalue weighted by Crippen LogP contribution is -2.47. The number of thiazole rings is 1. The molecule has 1 heterocycles. The first kappa shape index (κ1) is 31.6. The van der Waals surface area contributed by atoms with Crippen LogP contribution in [0.5, 0.6) is 0 Å². The highest BCUT2D eigenvalue weighted by Gasteiger charge is 2.32. The monoisotopic (exact) mass is 622 g/mol. The highest BCUT2D eigenvalue weighted by molar-refractivity contribution is 8.01. The summed E-state index contributed by atoms with van der Waals surface area (Å²) in [4.78, 5) is 42.7. The average Bonchev–Trinajstić information content (AvgIpc) is 3.33. The second kappa shape index (κ2) is 13.3. The maximum absolute atomic E-state index is 13.4. The van der Waals surface area contributed by atoms with Crippen LogP contribution in [0.2, 0.25) is 0 Å². The summed E-state index contributed by atoms with van der Waals surface area (Å²) in [5.41, 5.74) is -1.58. The molecule has 3 N–H and O–H groups in total. The molecule has 226 valence electrons. The fraction of sp³-hybridized carbons (Fsp3) is 0.448. The van der Waals surface area contributed by atoms with Crippen molar-refractivity contribution in [3.8, 4) is 0 Å². The zero-order valence-corrected chi connectivity index (χ0v) is 25.1. The van der Waals surface area contributed by atoms with Crippen LogP contribution in [0, 0.1) is 5.92 Å². The lowest BCUT2D eigenvalue weighted by atomic mass is 9.86. The predicted molar refractivity (Wildman–Crippen MR) is 158 cm³/mol. The summed E-state index contributed by atoms with van der Waals surface area (Å²) < 4.78 is 47.4. The number of fused-ring (bicyclic) bond motifs is 1. The van der Waals surface area contributed by atoms with Crippen molar-refractivity contribution in [3.05, 3.63) is 53.6 Å². The van der Waals surface area contributed by atoms with E-state index in [1.165, 1.54) is 0 Å². The largest absolute Gasteiger partial charge is 0.444 e. The van der Waals surface area contributed by atoms with Crippen molar-refractivity contribution in [2.45, 2.75) is 68.6 Å². The molecule has 2 aromatic carbocycles. The molecule has 0 radical (unpaired) electrons. The van der Waals surface area contributed by atoms with Crippen LogP contribution >= 0.6 is 23.1 Å². The molecule has 1 aromatic heterocycles. The van der Waals surface area contributed by atoms with Crippen LogP contribution in [0.25, 0.3) is 10.2 Å². The van der Waals surface area contributed by atoms with Gasteiger partial charge in [0.25, 0.3) is 5.91 Å². The molecule has 0 spiro atoms. The number of amides is 3. The maximum atomic E-state index is 13.4. The minimum absolute atomic E-state index is 0.0945. The number of carbonyl (C=O) groups is 3. The van der Waals surface area contributed by atoms with Crippen LogP contribution in [0.1, 0.15) is 62.4 Å². The standard InChI is InChI=1S/C29H33F3N4O4S2/c1-28(2,3)40-26(39)35-21-13-12-18(29(30,31)32)14-19(21)25(38)33-15-24(37)34-20-9-5-4-8-17(20)16-41-27-36-22-10-6-7-11-23(22)42-27/h6-7,10-14,17,20H,4-5,8-9,15-16H2,1-3H3,(H,33,38)(H,34,37)(H,35,39)/t17-,20+/m1/s1. The number of nitrogens with zero attached hydrogens (tertiary/aromatic N) is 1. The lowest BCUT2D eigenvalue weighted by Gasteiger charge is -2.32. The topological polar surface area (TPSA) is 109 Å². The van der Waals surface area contributed by atoms with Crippen molar-refractivity contribution in [3.63, 3.8) is 0 Å². The summed E-state index contributed by atoms with van der Waals surface area (Å²) in [6.07, 6.45) is -1.89. The highest BCUT2D eigenvalue weighted by Crippen LogP contribution is 2.35. The van der Waals surface area contributed by atoms with Gasteiger partial charge in [-0.15, -0.1) is 11.3 Å². The number of thioether (sulfide) groups is 1. The van der Waals surface area contributed by atoms with E-state index in [9.17, 15) is 27.6 Å². The molecular formula is C29H33F3N4O4S2. The van der Waals surface area contributed by atoms with Crippen molar-refractivity contribution < 1.29 is 32.3 Å². The average molecular weight is 623 g/mol. The molecule has 42 heavy (non-hydrogen) atoms. The molecule has 8 nitrogen and oxygen atoms in total. The Morgan fingerprint density at radius 1 is 1.07 bits per heavy atom. The van der Waals surface area contributed by atoms with E-state index in [0.717, 1.165) is 58.1 Å². The van der Waals surface area contributed by atoms with E-state index in [2.05, 4.69) is 20.9 Å². The molecule has 2 atom stereocenters. The van der Waals surface area contributed by atoms with Crippen molar-refractivity contribution in [2.75, 3.05) is 17.6 Å². The van der Waals surface area contributed by atoms with Gasteiger partial charge in [0.2, 0.25) is 5.91 Å². The first-order valence-corrected chi connectivity index (χ1v) is 15.4. The van der Waals surface area contributed by atoms with Crippen molar-refractivity contribution in [1.82, 2.24) is 15.6 Å². The Morgan fingerprint density at radius 3 is 2.52 bits per heavy atom. The SMILES string of the molecule is CC(C)(C)OC(=O)Nc1ccc(C(F)(F)F)cc1C(=O)NCC(=O)N[C@H]1CCCC[C@@H]1CSc1nc2ccccc2s1. The van der Waals surface area contributed by atoms with Gasteiger partial charge in [-0.1, -0.05) is 36.7 Å². The van der Waals surface area contributed by atoms with Gasteiger partial charge in [0, 0.05) is 11.8 Å². The number of halogens is 3. The van der Waals surface area contributed by atoms with Gasteiger partial charge in [-0.3, -0.25) is 14.9 Å². The Morgan fingerprint density at radius 2 is 1.81 bits per heavy atom. The number of hydrogen-bond donors (Lipinski definition) is 3. The molecular weight excluding hydrogens is 589 g/mol. The van der Waals surface area contributed by atoms with E-state index in [1.54, 1.807) is 43.9 Å². The summed E-state index contributed by atoms with van der Waals surface area (Å²) in [5.74, 6) is -0.391. The van der Waals surface area contributed by atoms with Crippen LogP contribution < -0.4 is 16.0 Å². The van der Waals surface area contributed by atoms with Crippen LogP contribution in [0.3, 0.4) is 0 Å². The van der Waals surface area contributed by atoms with Gasteiger partial charge in [0.1, 0.15) is 5.60 Å². The first-order valence-electron chi connectivity index (χ1n) is 13.6. The van der Waals surface area contributed by atoms with Crippen LogP contribution in [-0.2, 0) is 15.7 Å². The summed E-state index contributed by atoms with van der Waals surface area (Å²) in [6.45, 7) is 4.45. The zero-order valence-electron chi connectivity index (χ0n) is 23.5. The zero-order chi connectivity index (χ0) is 30.5. The summed E-state index contributed by atoms with van der Waals surface area (Å²) in [5, 5.41) is 7.71. The van der Waals surface area contributed by atoms with Gasteiger partial charge in [-0.2, -0.15) is 13.2 Å². The third kappa shape index (κ3) is 8.84. The number of alkyl halides is 3. The van der Waals surface area contributed by atoms with E-state index in [0.29, 0.717) is 6.07 Å². The molecule has 13 heteroatoms. The minimum Gasteiger partial charge on any atom is -0.444 e. The highest BCUT2D eigenvalue weighted by atomic mass is 32.2. The molecule has 3 amide bonds. The van der Waals surface area contributed by atoms with Crippen LogP contribution in [0.15, 0.2) is 46.8 Å². The first-order chi connectivity index (χ1) is 19.8. The molecule has 3 aromatic rings. The van der Waals surface area contributed by atoms with Gasteiger partial charge < -0.3 is 15.4 Å². The molecule has 1 fully saturated rings. The van der Waals surface area contributed by atoms with Crippen molar-refractivity contribution in [1.29, 1.82) is 0 Å². The number of benzene rings is 2. The number of anilines is 1. The van der Waals surface area contributed by atoms with Gasteiger partial charge >= 0.3 is 12.3 Å². The third-order valence-corrected chi connectivity index (χ3v) is 8.95. The fourth-order valence-corrected chi connectivity index (χ4v) is 6.96. The molecule has 0 unspecified atom stereocenters. The summed E-state index contributed by atoms with van der Waals surface area (Å²) in [7, 11) is 0. The number of hydrogen-bond acceptors (Lipinski definition) is 7. The Kier molecular flexibility index (Phi) is 10.0. The van der Waals surface area contributed by atoms with E-state index in [-0.39, 0.29) is 17.6 Å². The molecule has 1 aliphatic carbocycles. The normalized spacial score (nSPS) is 17.5. The van der Waals surface area contributed by atoms with Crippen LogP contribution in [-0.4, -0.2) is 46.8 Å². The Balaban J connectivity index is 1.37. The van der Waals surface area contributed by atoms with Crippen molar-refractivity contribution >= 4 is 56.9 Å². The van der Waals surface area contributed by atoms with E-state index in [4.69, 9.17) is 4.74 Å². The van der Waals surface area contributed by atoms with Crippen LogP contribution in [0.4, 0.5) is 23.7 Å². The molecule has 1 aliphatic rings. The number of para-hydroxylation sites is 1. The second-order valence-electron chi connectivity index (χ2n) is 11.0. The quantitative estimate of drug-likeness (QED) is 0.237. The lowest BCUT2D eigenvalue weighted by molar-refractivity contribution is -0.137. The Bertz CT molecular complexity index is 1410. The molecule has 0 aliphatic heterocycles. The molecule has 0 bridgehead atoms. The van der Waals surface area contributed by atoms with E-state index >= 15 is 0 Å². The molecule has 0 saturated heterocycles. The smallest absolute Gasteiger partial charge is 0.416 e. The number of carbonyl (C=O) groups excluding carboxylic acids is 3. The predicted octanol–water partition coefficient (Wildman–Crippen LogP) is 6.86. The van der Waals surface area contributed by atoms with E-state index < -0.39 is 47.4 Å². The molecule has 4 rings (SSSR count). The fourth-order valence-electron chi connectivity index (χ4n) is 4.63. The van der Waals surface area contributed by atoms with Gasteiger partial charge in [-0.25, -0.2) is 9.78 Å². The van der Waals surface area contributed by atoms with Crippen molar-refractivity contribution in [2.24, 2.45) is 5.92 Å². The molecule has 1 saturated carbocycles.